The van der Waals surface area contributed by atoms with Crippen molar-refractivity contribution in [2.45, 2.75) is 6.42 Å². The Bertz CT molecular complexity index is 915. The van der Waals surface area contributed by atoms with Gasteiger partial charge in [0.05, 0.1) is 12.5 Å². The summed E-state index contributed by atoms with van der Waals surface area (Å²) in [5, 5.41) is 12.7. The van der Waals surface area contributed by atoms with Gasteiger partial charge in [0.2, 0.25) is 6.61 Å². The predicted octanol–water partition coefficient (Wildman–Crippen LogP) is 2.35. The first-order valence-corrected chi connectivity index (χ1v) is 8.77. The molecule has 2 aromatic carbocycles. The number of nitriles is 1. The standard InChI is InChI=1S/C21H19N3O4/c1-24(12-6-11-22)19(25)13-27-20(26)14-28-23-21-17-9-4-2-7-15(17)16-8-3-5-10-18(16)21/h2-5,7-10H,6,12-14H2,1H3. The summed E-state index contributed by atoms with van der Waals surface area (Å²) in [5.41, 5.74) is 4.66. The number of amides is 1. The number of fused-ring (bicyclic) bond motifs is 3. The Kier molecular flexibility index (Phi) is 6.02. The van der Waals surface area contributed by atoms with Crippen LogP contribution in [-0.4, -0.2) is 49.3 Å². The molecular weight excluding hydrogens is 358 g/mol. The zero-order valence-electron chi connectivity index (χ0n) is 15.4. The van der Waals surface area contributed by atoms with Crippen LogP contribution in [0.3, 0.4) is 0 Å². The highest BCUT2D eigenvalue weighted by atomic mass is 16.7. The van der Waals surface area contributed by atoms with E-state index >= 15 is 0 Å². The molecule has 0 radical (unpaired) electrons. The third kappa shape index (κ3) is 4.18. The van der Waals surface area contributed by atoms with E-state index in [1.807, 2.05) is 54.6 Å². The molecule has 0 saturated heterocycles. The van der Waals surface area contributed by atoms with Crippen molar-refractivity contribution in [2.24, 2.45) is 5.16 Å². The van der Waals surface area contributed by atoms with Gasteiger partial charge in [-0.2, -0.15) is 5.26 Å². The molecule has 0 atom stereocenters. The second-order valence-electron chi connectivity index (χ2n) is 6.19. The van der Waals surface area contributed by atoms with Gasteiger partial charge in [0, 0.05) is 24.7 Å². The van der Waals surface area contributed by atoms with Gasteiger partial charge in [0.25, 0.3) is 5.91 Å². The number of hydrogen-bond acceptors (Lipinski definition) is 6. The third-order valence-electron chi connectivity index (χ3n) is 4.33. The normalized spacial score (nSPS) is 11.1. The number of benzene rings is 2. The summed E-state index contributed by atoms with van der Waals surface area (Å²) >= 11 is 0. The molecule has 0 fully saturated rings. The smallest absolute Gasteiger partial charge is 0.347 e. The lowest BCUT2D eigenvalue weighted by Gasteiger charge is -2.14. The summed E-state index contributed by atoms with van der Waals surface area (Å²) < 4.78 is 4.90. The van der Waals surface area contributed by atoms with Crippen LogP contribution in [0.5, 0.6) is 0 Å². The van der Waals surface area contributed by atoms with Crippen molar-refractivity contribution in [3.63, 3.8) is 0 Å². The maximum atomic E-state index is 11.8. The van der Waals surface area contributed by atoms with Crippen LogP contribution in [0.4, 0.5) is 0 Å². The monoisotopic (exact) mass is 377 g/mol. The molecule has 0 N–H and O–H groups in total. The highest BCUT2D eigenvalue weighted by Crippen LogP contribution is 2.36. The molecule has 142 valence electrons. The maximum Gasteiger partial charge on any atom is 0.347 e. The van der Waals surface area contributed by atoms with Gasteiger partial charge in [-0.25, -0.2) is 4.79 Å². The molecule has 0 aromatic heterocycles. The van der Waals surface area contributed by atoms with Gasteiger partial charge in [-0.3, -0.25) is 4.79 Å². The number of carbonyl (C=O) groups excluding carboxylic acids is 2. The van der Waals surface area contributed by atoms with Crippen molar-refractivity contribution in [1.82, 2.24) is 4.90 Å². The van der Waals surface area contributed by atoms with E-state index in [-0.39, 0.29) is 18.9 Å². The lowest BCUT2D eigenvalue weighted by atomic mass is 10.1. The summed E-state index contributed by atoms with van der Waals surface area (Å²) in [5.74, 6) is -1.07. The summed E-state index contributed by atoms with van der Waals surface area (Å²) in [6.45, 7) is -0.509. The fourth-order valence-electron chi connectivity index (χ4n) is 2.88. The Balaban J connectivity index is 1.57. The zero-order valence-corrected chi connectivity index (χ0v) is 15.4. The molecule has 2 aromatic rings. The molecule has 0 spiro atoms. The first-order chi connectivity index (χ1) is 13.6. The third-order valence-corrected chi connectivity index (χ3v) is 4.33. The summed E-state index contributed by atoms with van der Waals surface area (Å²) in [6.07, 6.45) is 0.222. The number of nitrogens with zero attached hydrogens (tertiary/aromatic N) is 3. The average Bonchev–Trinajstić information content (AvgIpc) is 3.04. The molecule has 1 aliphatic rings. The zero-order chi connectivity index (χ0) is 19.9. The molecule has 7 nitrogen and oxygen atoms in total. The topological polar surface area (TPSA) is 92.0 Å². The number of likely N-dealkylation sites (N-methyl/N-ethyl adjacent to an activating group) is 1. The van der Waals surface area contributed by atoms with Crippen molar-refractivity contribution in [2.75, 3.05) is 26.8 Å². The summed E-state index contributed by atoms with van der Waals surface area (Å²) in [4.78, 5) is 30.1. The maximum absolute atomic E-state index is 11.8. The van der Waals surface area contributed by atoms with Gasteiger partial charge in [0.15, 0.2) is 6.61 Å². The van der Waals surface area contributed by atoms with Crippen LogP contribution >= 0.6 is 0 Å². The van der Waals surface area contributed by atoms with E-state index in [4.69, 9.17) is 14.8 Å². The number of oxime groups is 1. The largest absolute Gasteiger partial charge is 0.453 e. The fraction of sp³-hybridized carbons (Fsp3) is 0.238. The molecule has 1 aliphatic carbocycles. The Morgan fingerprint density at radius 2 is 1.57 bits per heavy atom. The number of hydrogen-bond donors (Lipinski definition) is 0. The molecule has 28 heavy (non-hydrogen) atoms. The SMILES string of the molecule is CN(CCC#N)C(=O)COC(=O)CON=C1c2ccccc2-c2ccccc21. The van der Waals surface area contributed by atoms with E-state index in [1.165, 1.54) is 4.90 Å². The lowest BCUT2D eigenvalue weighted by Crippen LogP contribution is -2.32. The Morgan fingerprint density at radius 3 is 2.14 bits per heavy atom. The van der Waals surface area contributed by atoms with E-state index in [1.54, 1.807) is 7.05 Å². The van der Waals surface area contributed by atoms with Gasteiger partial charge in [-0.1, -0.05) is 53.7 Å². The van der Waals surface area contributed by atoms with Crippen molar-refractivity contribution in [1.29, 1.82) is 5.26 Å². The van der Waals surface area contributed by atoms with E-state index in [0.717, 1.165) is 22.3 Å². The van der Waals surface area contributed by atoms with Crippen LogP contribution in [0.25, 0.3) is 11.1 Å². The van der Waals surface area contributed by atoms with Gasteiger partial charge in [0.1, 0.15) is 5.71 Å². The Morgan fingerprint density at radius 1 is 1.00 bits per heavy atom. The minimum Gasteiger partial charge on any atom is -0.453 e. The van der Waals surface area contributed by atoms with Crippen molar-refractivity contribution in [3.05, 3.63) is 59.7 Å². The van der Waals surface area contributed by atoms with E-state index < -0.39 is 19.2 Å². The second kappa shape index (κ2) is 8.82. The van der Waals surface area contributed by atoms with Gasteiger partial charge >= 0.3 is 5.97 Å². The van der Waals surface area contributed by atoms with E-state index in [2.05, 4.69) is 5.16 Å². The molecule has 0 heterocycles. The molecular formula is C21H19N3O4. The van der Waals surface area contributed by atoms with Crippen LogP contribution in [0.2, 0.25) is 0 Å². The minimum atomic E-state index is -0.689. The lowest BCUT2D eigenvalue weighted by molar-refractivity contribution is -0.155. The molecule has 7 heteroatoms. The van der Waals surface area contributed by atoms with Crippen molar-refractivity contribution >= 4 is 17.6 Å². The minimum absolute atomic E-state index is 0.222. The highest BCUT2D eigenvalue weighted by molar-refractivity contribution is 6.24. The van der Waals surface area contributed by atoms with Gasteiger partial charge in [-0.15, -0.1) is 0 Å². The van der Waals surface area contributed by atoms with Crippen LogP contribution in [0, 0.1) is 11.3 Å². The fourth-order valence-corrected chi connectivity index (χ4v) is 2.88. The average molecular weight is 377 g/mol. The molecule has 0 aliphatic heterocycles. The van der Waals surface area contributed by atoms with Crippen molar-refractivity contribution < 1.29 is 19.2 Å². The molecule has 0 bridgehead atoms. The van der Waals surface area contributed by atoms with Gasteiger partial charge < -0.3 is 14.5 Å². The molecule has 0 unspecified atom stereocenters. The number of ether oxygens (including phenoxy) is 1. The quantitative estimate of drug-likeness (QED) is 0.465. The first kappa shape index (κ1) is 19.1. The van der Waals surface area contributed by atoms with E-state index in [9.17, 15) is 9.59 Å². The first-order valence-electron chi connectivity index (χ1n) is 8.77. The van der Waals surface area contributed by atoms with Gasteiger partial charge in [-0.05, 0) is 11.1 Å². The summed E-state index contributed by atoms with van der Waals surface area (Å²) in [6, 6.07) is 17.6. The Labute approximate surface area is 162 Å². The Hall–Kier alpha value is -3.66. The molecule has 3 rings (SSSR count). The number of carbonyl (C=O) groups is 2. The van der Waals surface area contributed by atoms with Crippen LogP contribution < -0.4 is 0 Å². The van der Waals surface area contributed by atoms with Crippen LogP contribution in [0.15, 0.2) is 53.7 Å². The number of esters is 1. The predicted molar refractivity (Wildman–Crippen MR) is 102 cm³/mol. The highest BCUT2D eigenvalue weighted by Gasteiger charge is 2.24. The van der Waals surface area contributed by atoms with Crippen molar-refractivity contribution in [3.8, 4) is 17.2 Å². The van der Waals surface area contributed by atoms with E-state index in [0.29, 0.717) is 5.71 Å². The molecule has 1 amide bonds. The van der Waals surface area contributed by atoms with Crippen LogP contribution in [-0.2, 0) is 19.2 Å². The second-order valence-corrected chi connectivity index (χ2v) is 6.19. The number of rotatable bonds is 7. The molecule has 0 saturated carbocycles. The summed E-state index contributed by atoms with van der Waals surface area (Å²) in [7, 11) is 1.55. The van der Waals surface area contributed by atoms with Crippen LogP contribution in [0.1, 0.15) is 17.5 Å².